The van der Waals surface area contributed by atoms with E-state index in [1.807, 2.05) is 24.3 Å². The predicted octanol–water partition coefficient (Wildman–Crippen LogP) is 3.03. The summed E-state index contributed by atoms with van der Waals surface area (Å²) in [7, 11) is 0. The molecule has 1 heterocycles. The molecule has 3 rings (SSSR count). The van der Waals surface area contributed by atoms with E-state index in [2.05, 4.69) is 0 Å². The van der Waals surface area contributed by atoms with Gasteiger partial charge in [-0.05, 0) is 18.9 Å². The minimum Gasteiger partial charge on any atom is -0.464 e. The molecule has 14 heavy (non-hydrogen) atoms. The lowest BCUT2D eigenvalue weighted by Gasteiger charge is -1.93. The fraction of sp³-hybridized carbons (Fsp3) is 0.250. The summed E-state index contributed by atoms with van der Waals surface area (Å²) in [6.45, 7) is 0. The highest BCUT2D eigenvalue weighted by Gasteiger charge is 2.32. The number of carbonyl (C=O) groups excluding carboxylic acids is 1. The van der Waals surface area contributed by atoms with Crippen LogP contribution in [0.5, 0.6) is 0 Å². The second-order valence-electron chi connectivity index (χ2n) is 3.78. The first-order valence-electron chi connectivity index (χ1n) is 4.87. The molecule has 70 valence electrons. The van der Waals surface area contributed by atoms with E-state index >= 15 is 0 Å². The van der Waals surface area contributed by atoms with Gasteiger partial charge in [0.2, 0.25) is 0 Å². The van der Waals surface area contributed by atoms with Crippen molar-refractivity contribution in [3.05, 3.63) is 36.1 Å². The molecular formula is C12H10O2. The van der Waals surface area contributed by atoms with Crippen LogP contribution in [0.3, 0.4) is 0 Å². The van der Waals surface area contributed by atoms with Gasteiger partial charge < -0.3 is 4.42 Å². The maximum atomic E-state index is 11.8. The topological polar surface area (TPSA) is 30.2 Å². The van der Waals surface area contributed by atoms with Crippen molar-refractivity contribution < 1.29 is 9.21 Å². The van der Waals surface area contributed by atoms with Crippen molar-refractivity contribution in [1.29, 1.82) is 0 Å². The standard InChI is InChI=1S/C12H10O2/c13-12(8-5-6-8)10-7-14-11-4-2-1-3-9(10)11/h1-4,7-8H,5-6H2. The Morgan fingerprint density at radius 1 is 1.29 bits per heavy atom. The molecule has 1 fully saturated rings. The molecule has 0 aliphatic heterocycles. The molecule has 1 saturated carbocycles. The van der Waals surface area contributed by atoms with Gasteiger partial charge in [-0.2, -0.15) is 0 Å². The second-order valence-corrected chi connectivity index (χ2v) is 3.78. The number of benzene rings is 1. The van der Waals surface area contributed by atoms with Gasteiger partial charge in [0.05, 0.1) is 5.56 Å². The molecule has 0 amide bonds. The van der Waals surface area contributed by atoms with Gasteiger partial charge >= 0.3 is 0 Å². The molecule has 2 aromatic rings. The van der Waals surface area contributed by atoms with Crippen molar-refractivity contribution in [2.24, 2.45) is 5.92 Å². The van der Waals surface area contributed by atoms with Gasteiger partial charge in [-0.1, -0.05) is 18.2 Å². The number of furan rings is 1. The van der Waals surface area contributed by atoms with Gasteiger partial charge in [-0.15, -0.1) is 0 Å². The largest absolute Gasteiger partial charge is 0.464 e. The second kappa shape index (κ2) is 2.71. The number of carbonyl (C=O) groups is 1. The highest BCUT2D eigenvalue weighted by Crippen LogP contribution is 2.35. The molecule has 0 bridgehead atoms. The SMILES string of the molecule is O=C(c1coc2ccccc12)C1CC1. The summed E-state index contributed by atoms with van der Waals surface area (Å²) < 4.78 is 5.33. The average Bonchev–Trinajstić information content (AvgIpc) is 2.97. The third-order valence-corrected chi connectivity index (χ3v) is 2.69. The molecule has 2 nitrogen and oxygen atoms in total. The van der Waals surface area contributed by atoms with Gasteiger partial charge in [0.15, 0.2) is 5.78 Å². The molecular weight excluding hydrogens is 176 g/mol. The zero-order valence-corrected chi connectivity index (χ0v) is 7.69. The fourth-order valence-corrected chi connectivity index (χ4v) is 1.73. The Hall–Kier alpha value is -1.57. The van der Waals surface area contributed by atoms with Crippen LogP contribution in [0.2, 0.25) is 0 Å². The van der Waals surface area contributed by atoms with Crippen LogP contribution in [-0.2, 0) is 0 Å². The van der Waals surface area contributed by atoms with E-state index in [-0.39, 0.29) is 11.7 Å². The van der Waals surface area contributed by atoms with E-state index in [9.17, 15) is 4.79 Å². The number of ketones is 1. The maximum Gasteiger partial charge on any atom is 0.169 e. The summed E-state index contributed by atoms with van der Waals surface area (Å²) in [6.07, 6.45) is 3.67. The lowest BCUT2D eigenvalue weighted by Crippen LogP contribution is -1.99. The van der Waals surface area contributed by atoms with E-state index in [1.54, 1.807) is 6.26 Å². The number of Topliss-reactive ketones (excluding diaryl/α,β-unsaturated/α-hetero) is 1. The number of hydrogen-bond donors (Lipinski definition) is 0. The Labute approximate surface area is 81.5 Å². The predicted molar refractivity (Wildman–Crippen MR) is 53.3 cm³/mol. The molecule has 0 N–H and O–H groups in total. The summed E-state index contributed by atoms with van der Waals surface area (Å²) in [5.74, 6) is 0.506. The molecule has 0 unspecified atom stereocenters. The first-order chi connectivity index (χ1) is 6.86. The Morgan fingerprint density at radius 3 is 2.86 bits per heavy atom. The van der Waals surface area contributed by atoms with E-state index < -0.39 is 0 Å². The fourth-order valence-electron chi connectivity index (χ4n) is 1.73. The Bertz CT molecular complexity index is 492. The van der Waals surface area contributed by atoms with Gasteiger partial charge in [0.25, 0.3) is 0 Å². The van der Waals surface area contributed by atoms with Crippen molar-refractivity contribution in [3.63, 3.8) is 0 Å². The number of hydrogen-bond acceptors (Lipinski definition) is 2. The molecule has 0 saturated heterocycles. The quantitative estimate of drug-likeness (QED) is 0.675. The van der Waals surface area contributed by atoms with Crippen molar-refractivity contribution in [1.82, 2.24) is 0 Å². The number of para-hydroxylation sites is 1. The molecule has 0 atom stereocenters. The van der Waals surface area contributed by atoms with Gasteiger partial charge in [-0.3, -0.25) is 4.79 Å². The Kier molecular flexibility index (Phi) is 1.51. The monoisotopic (exact) mass is 186 g/mol. The Morgan fingerprint density at radius 2 is 2.07 bits per heavy atom. The Balaban J connectivity index is 2.16. The highest BCUT2D eigenvalue weighted by atomic mass is 16.3. The van der Waals surface area contributed by atoms with Gasteiger partial charge in [-0.25, -0.2) is 0 Å². The highest BCUT2D eigenvalue weighted by molar-refractivity contribution is 6.08. The minimum absolute atomic E-state index is 0.245. The summed E-state index contributed by atoms with van der Waals surface area (Å²) in [4.78, 5) is 11.8. The van der Waals surface area contributed by atoms with Crippen molar-refractivity contribution in [2.45, 2.75) is 12.8 Å². The van der Waals surface area contributed by atoms with E-state index in [0.29, 0.717) is 0 Å². The van der Waals surface area contributed by atoms with Crippen molar-refractivity contribution >= 4 is 16.8 Å². The maximum absolute atomic E-state index is 11.8. The zero-order chi connectivity index (χ0) is 9.54. The normalized spacial score (nSPS) is 16.0. The lowest BCUT2D eigenvalue weighted by molar-refractivity contribution is 0.0968. The third kappa shape index (κ3) is 1.07. The van der Waals surface area contributed by atoms with Crippen LogP contribution >= 0.6 is 0 Å². The third-order valence-electron chi connectivity index (χ3n) is 2.69. The van der Waals surface area contributed by atoms with Crippen LogP contribution < -0.4 is 0 Å². The van der Waals surface area contributed by atoms with E-state index in [1.165, 1.54) is 0 Å². The van der Waals surface area contributed by atoms with Crippen LogP contribution in [-0.4, -0.2) is 5.78 Å². The van der Waals surface area contributed by atoms with Gasteiger partial charge in [0.1, 0.15) is 11.8 Å². The summed E-state index contributed by atoms with van der Waals surface area (Å²) in [5, 5.41) is 0.949. The lowest BCUT2D eigenvalue weighted by atomic mass is 10.1. The first kappa shape index (κ1) is 7.80. The van der Waals surface area contributed by atoms with Crippen molar-refractivity contribution in [2.75, 3.05) is 0 Å². The van der Waals surface area contributed by atoms with Crippen LogP contribution in [0.4, 0.5) is 0 Å². The first-order valence-corrected chi connectivity index (χ1v) is 4.87. The zero-order valence-electron chi connectivity index (χ0n) is 7.69. The smallest absolute Gasteiger partial charge is 0.169 e. The van der Waals surface area contributed by atoms with E-state index in [0.717, 1.165) is 29.4 Å². The van der Waals surface area contributed by atoms with Crippen LogP contribution in [0.15, 0.2) is 34.9 Å². The summed E-state index contributed by atoms with van der Waals surface area (Å²) in [6, 6.07) is 7.67. The van der Waals surface area contributed by atoms with Crippen LogP contribution in [0.1, 0.15) is 23.2 Å². The van der Waals surface area contributed by atoms with Gasteiger partial charge in [0, 0.05) is 11.3 Å². The molecule has 1 aliphatic rings. The molecule has 2 heteroatoms. The molecule has 1 aromatic heterocycles. The summed E-state index contributed by atoms with van der Waals surface area (Å²) >= 11 is 0. The minimum atomic E-state index is 0.245. The molecule has 0 radical (unpaired) electrons. The average molecular weight is 186 g/mol. The molecule has 0 spiro atoms. The number of rotatable bonds is 2. The molecule has 1 aliphatic carbocycles. The van der Waals surface area contributed by atoms with Crippen LogP contribution in [0.25, 0.3) is 11.0 Å². The number of fused-ring (bicyclic) bond motifs is 1. The van der Waals surface area contributed by atoms with E-state index in [4.69, 9.17) is 4.42 Å². The molecule has 1 aromatic carbocycles. The van der Waals surface area contributed by atoms with Crippen LogP contribution in [0, 0.1) is 5.92 Å². The van der Waals surface area contributed by atoms with Crippen molar-refractivity contribution in [3.8, 4) is 0 Å². The summed E-state index contributed by atoms with van der Waals surface area (Å²) in [5.41, 5.74) is 1.56.